The Morgan fingerprint density at radius 3 is 2.44 bits per heavy atom. The second-order valence-corrected chi connectivity index (χ2v) is 7.85. The summed E-state index contributed by atoms with van der Waals surface area (Å²) in [5, 5.41) is 10.9. The number of Topliss-reactive ketones (excluding diaryl/α,β-unsaturated/α-hetero) is 1. The van der Waals surface area contributed by atoms with Gasteiger partial charge in [0.25, 0.3) is 11.7 Å². The molecule has 1 aromatic carbocycles. The lowest BCUT2D eigenvalue weighted by Gasteiger charge is -2.30. The van der Waals surface area contributed by atoms with Crippen molar-refractivity contribution in [2.75, 3.05) is 0 Å². The molecule has 2 heterocycles. The summed E-state index contributed by atoms with van der Waals surface area (Å²) in [5.41, 5.74) is 1.39. The maximum absolute atomic E-state index is 12.9. The van der Waals surface area contributed by atoms with Crippen molar-refractivity contribution in [3.05, 3.63) is 70.0 Å². The molecule has 1 saturated heterocycles. The van der Waals surface area contributed by atoms with Crippen molar-refractivity contribution < 1.29 is 14.7 Å². The van der Waals surface area contributed by atoms with Crippen LogP contribution in [-0.4, -0.2) is 32.7 Å². The second kappa shape index (κ2) is 7.27. The van der Waals surface area contributed by atoms with E-state index in [1.807, 2.05) is 6.07 Å². The molecule has 1 aliphatic heterocycles. The minimum atomic E-state index is -0.629. The first-order chi connectivity index (χ1) is 13.1. The maximum atomic E-state index is 12.9. The number of likely N-dealkylation sites (tertiary alicyclic amines) is 1. The van der Waals surface area contributed by atoms with Crippen LogP contribution in [0.25, 0.3) is 5.76 Å². The molecule has 2 fully saturated rings. The first-order valence-corrected chi connectivity index (χ1v) is 9.83. The van der Waals surface area contributed by atoms with E-state index >= 15 is 0 Å². The van der Waals surface area contributed by atoms with E-state index in [1.54, 1.807) is 47.6 Å². The summed E-state index contributed by atoms with van der Waals surface area (Å²) in [7, 11) is 0. The van der Waals surface area contributed by atoms with Gasteiger partial charge in [0.15, 0.2) is 0 Å². The summed E-state index contributed by atoms with van der Waals surface area (Å²) in [6, 6.07) is 10.1. The highest BCUT2D eigenvalue weighted by Crippen LogP contribution is 2.43. The number of pyridine rings is 1. The average molecular weight is 427 g/mol. The zero-order valence-corrected chi connectivity index (χ0v) is 16.2. The summed E-state index contributed by atoms with van der Waals surface area (Å²) < 4.78 is 0.870. The molecule has 1 unspecified atom stereocenters. The van der Waals surface area contributed by atoms with E-state index in [0.29, 0.717) is 5.56 Å². The van der Waals surface area contributed by atoms with Crippen LogP contribution in [0.4, 0.5) is 0 Å². The zero-order valence-electron chi connectivity index (χ0n) is 14.6. The van der Waals surface area contributed by atoms with Crippen molar-refractivity contribution in [2.24, 2.45) is 0 Å². The van der Waals surface area contributed by atoms with Gasteiger partial charge < -0.3 is 10.0 Å². The van der Waals surface area contributed by atoms with E-state index in [-0.39, 0.29) is 17.4 Å². The fraction of sp³-hybridized carbons (Fsp3) is 0.286. The highest BCUT2D eigenvalue weighted by molar-refractivity contribution is 9.10. The van der Waals surface area contributed by atoms with Crippen molar-refractivity contribution in [2.45, 2.75) is 37.8 Å². The summed E-state index contributed by atoms with van der Waals surface area (Å²) >= 11 is 3.37. The van der Waals surface area contributed by atoms with E-state index in [2.05, 4.69) is 20.9 Å². The number of nitrogens with zero attached hydrogens (tertiary/aromatic N) is 2. The summed E-state index contributed by atoms with van der Waals surface area (Å²) in [6.07, 6.45) is 7.15. The van der Waals surface area contributed by atoms with E-state index in [4.69, 9.17) is 0 Å². The number of rotatable bonds is 3. The number of benzene rings is 1. The molecule has 1 aromatic heterocycles. The Kier molecular flexibility index (Phi) is 4.83. The minimum Gasteiger partial charge on any atom is -0.507 e. The van der Waals surface area contributed by atoms with Crippen LogP contribution in [0.1, 0.15) is 42.9 Å². The van der Waals surface area contributed by atoms with Gasteiger partial charge in [0.1, 0.15) is 5.76 Å². The molecule has 1 amide bonds. The molecule has 138 valence electrons. The van der Waals surface area contributed by atoms with E-state index in [9.17, 15) is 14.7 Å². The number of hydrogen-bond acceptors (Lipinski definition) is 4. The fourth-order valence-electron chi connectivity index (χ4n) is 4.04. The summed E-state index contributed by atoms with van der Waals surface area (Å²) in [6.45, 7) is 0. The maximum Gasteiger partial charge on any atom is 0.295 e. The van der Waals surface area contributed by atoms with Gasteiger partial charge in [0.2, 0.25) is 0 Å². The van der Waals surface area contributed by atoms with Crippen LogP contribution in [0, 0.1) is 0 Å². The standard InChI is InChI=1S/C21H19BrN2O3/c22-15-9-7-13(8-10-15)19(25)17-18(14-4-3-11-23-12-14)24(21(27)20(17)26)16-5-1-2-6-16/h3-4,7-12,16,18,25H,1-2,5-6H2/b19-17-. The number of aromatic nitrogens is 1. The van der Waals surface area contributed by atoms with E-state index < -0.39 is 17.7 Å². The third-order valence-corrected chi connectivity index (χ3v) is 5.84. The Hall–Kier alpha value is -2.47. The number of carbonyl (C=O) groups excluding carboxylic acids is 2. The number of aliphatic hydroxyl groups is 1. The Morgan fingerprint density at radius 2 is 1.81 bits per heavy atom. The molecule has 1 aliphatic carbocycles. The number of halogens is 1. The molecule has 0 bridgehead atoms. The van der Waals surface area contributed by atoms with Gasteiger partial charge in [-0.1, -0.05) is 47.0 Å². The summed E-state index contributed by atoms with van der Waals surface area (Å²) in [4.78, 5) is 31.6. The van der Waals surface area contributed by atoms with Gasteiger partial charge in [-0.25, -0.2) is 0 Å². The number of ketones is 1. The zero-order chi connectivity index (χ0) is 19.0. The Balaban J connectivity index is 1.87. The third-order valence-electron chi connectivity index (χ3n) is 5.32. The van der Waals surface area contributed by atoms with Crippen molar-refractivity contribution in [1.82, 2.24) is 9.88 Å². The third kappa shape index (κ3) is 3.18. The van der Waals surface area contributed by atoms with Gasteiger partial charge in [-0.2, -0.15) is 0 Å². The van der Waals surface area contributed by atoms with Gasteiger partial charge in [0, 0.05) is 28.5 Å². The number of carbonyl (C=O) groups is 2. The van der Waals surface area contributed by atoms with Crippen LogP contribution in [0.15, 0.2) is 58.8 Å². The van der Waals surface area contributed by atoms with Crippen LogP contribution in [0.2, 0.25) is 0 Å². The SMILES string of the molecule is O=C1C(=O)N(C2CCCC2)C(c2cccnc2)/C1=C(/O)c1ccc(Br)cc1. The smallest absolute Gasteiger partial charge is 0.295 e. The van der Waals surface area contributed by atoms with Crippen LogP contribution in [0.5, 0.6) is 0 Å². The Bertz CT molecular complexity index is 903. The van der Waals surface area contributed by atoms with Gasteiger partial charge in [0.05, 0.1) is 11.6 Å². The molecule has 0 radical (unpaired) electrons. The van der Waals surface area contributed by atoms with E-state index in [1.165, 1.54) is 0 Å². The molecular formula is C21H19BrN2O3. The molecule has 2 aliphatic rings. The van der Waals surface area contributed by atoms with Crippen LogP contribution in [0.3, 0.4) is 0 Å². The molecule has 5 nitrogen and oxygen atoms in total. The lowest BCUT2D eigenvalue weighted by Crippen LogP contribution is -2.37. The molecule has 0 spiro atoms. The topological polar surface area (TPSA) is 70.5 Å². The van der Waals surface area contributed by atoms with Gasteiger partial charge in [-0.15, -0.1) is 0 Å². The highest BCUT2D eigenvalue weighted by Gasteiger charge is 2.49. The van der Waals surface area contributed by atoms with Crippen molar-refractivity contribution in [3.8, 4) is 0 Å². The molecule has 2 aromatic rings. The number of aliphatic hydroxyl groups excluding tert-OH is 1. The van der Waals surface area contributed by atoms with Gasteiger partial charge >= 0.3 is 0 Å². The Labute approximate surface area is 165 Å². The molecule has 1 atom stereocenters. The predicted octanol–water partition coefficient (Wildman–Crippen LogP) is 4.21. The monoisotopic (exact) mass is 426 g/mol. The van der Waals surface area contributed by atoms with Crippen molar-refractivity contribution >= 4 is 33.4 Å². The van der Waals surface area contributed by atoms with Gasteiger partial charge in [-0.05, 0) is 36.6 Å². The molecule has 6 heteroatoms. The normalized spacial score (nSPS) is 22.6. The summed E-state index contributed by atoms with van der Waals surface area (Å²) in [5.74, 6) is -1.30. The first kappa shape index (κ1) is 17.9. The molecule has 1 N–H and O–H groups in total. The second-order valence-electron chi connectivity index (χ2n) is 6.94. The quantitative estimate of drug-likeness (QED) is 0.453. The number of amides is 1. The lowest BCUT2D eigenvalue weighted by atomic mass is 9.95. The van der Waals surface area contributed by atoms with Crippen molar-refractivity contribution in [1.29, 1.82) is 0 Å². The van der Waals surface area contributed by atoms with Crippen LogP contribution >= 0.6 is 15.9 Å². The molecule has 4 rings (SSSR count). The lowest BCUT2D eigenvalue weighted by molar-refractivity contribution is -0.141. The molecule has 1 saturated carbocycles. The predicted molar refractivity (Wildman–Crippen MR) is 105 cm³/mol. The fourth-order valence-corrected chi connectivity index (χ4v) is 4.30. The highest BCUT2D eigenvalue weighted by atomic mass is 79.9. The number of hydrogen-bond donors (Lipinski definition) is 1. The molecular weight excluding hydrogens is 408 g/mol. The Morgan fingerprint density at radius 1 is 1.11 bits per heavy atom. The minimum absolute atomic E-state index is 0.0156. The van der Waals surface area contributed by atoms with Crippen LogP contribution < -0.4 is 0 Å². The van der Waals surface area contributed by atoms with E-state index in [0.717, 1.165) is 35.7 Å². The molecule has 27 heavy (non-hydrogen) atoms. The largest absolute Gasteiger partial charge is 0.507 e. The average Bonchev–Trinajstić information content (AvgIpc) is 3.30. The first-order valence-electron chi connectivity index (χ1n) is 9.04. The van der Waals surface area contributed by atoms with Crippen LogP contribution in [-0.2, 0) is 9.59 Å². The van der Waals surface area contributed by atoms with Gasteiger partial charge in [-0.3, -0.25) is 14.6 Å². The van der Waals surface area contributed by atoms with Crippen molar-refractivity contribution in [3.63, 3.8) is 0 Å².